The van der Waals surface area contributed by atoms with Crippen molar-refractivity contribution in [3.8, 4) is 34.2 Å². The molecule has 0 fully saturated rings. The molecule has 4 heteroatoms. The van der Waals surface area contributed by atoms with Gasteiger partial charge in [-0.15, -0.1) is 0 Å². The molecular weight excluding hydrogens is 500 g/mol. The van der Waals surface area contributed by atoms with Crippen LogP contribution < -0.4 is 15.3 Å². The number of aromatic nitrogens is 3. The van der Waals surface area contributed by atoms with Crippen LogP contribution in [0.1, 0.15) is 11.5 Å². The van der Waals surface area contributed by atoms with Crippen LogP contribution in [0.3, 0.4) is 0 Å². The van der Waals surface area contributed by atoms with E-state index in [4.69, 9.17) is 15.0 Å². The third-order valence-electron chi connectivity index (χ3n) is 8.01. The van der Waals surface area contributed by atoms with Crippen LogP contribution in [0.4, 0.5) is 11.4 Å². The van der Waals surface area contributed by atoms with Gasteiger partial charge in [0.05, 0.1) is 6.04 Å². The predicted molar refractivity (Wildman–Crippen MR) is 166 cm³/mol. The van der Waals surface area contributed by atoms with Gasteiger partial charge in [0, 0.05) is 34.0 Å². The third kappa shape index (κ3) is 4.12. The third-order valence-corrected chi connectivity index (χ3v) is 8.01. The minimum atomic E-state index is 0.190. The summed E-state index contributed by atoms with van der Waals surface area (Å²) in [5.41, 5.74) is 6.60. The molecule has 2 aliphatic rings. The van der Waals surface area contributed by atoms with Crippen LogP contribution in [0, 0.1) is 0 Å². The van der Waals surface area contributed by atoms with Crippen molar-refractivity contribution in [2.24, 2.45) is 0 Å². The molecule has 0 radical (unpaired) electrons. The number of rotatable bonds is 4. The van der Waals surface area contributed by atoms with Gasteiger partial charge in [0.25, 0.3) is 0 Å². The first-order valence-electron chi connectivity index (χ1n) is 14.0. The highest BCUT2D eigenvalue weighted by Crippen LogP contribution is 2.47. The van der Waals surface area contributed by atoms with Crippen LogP contribution in [0.25, 0.3) is 46.3 Å². The van der Waals surface area contributed by atoms with Gasteiger partial charge in [0.2, 0.25) is 0 Å². The van der Waals surface area contributed by atoms with Crippen LogP contribution in [0.15, 0.2) is 133 Å². The van der Waals surface area contributed by atoms with E-state index in [1.165, 1.54) is 21.7 Å². The smallest absolute Gasteiger partial charge is 0.164 e. The monoisotopic (exact) mass is 526 g/mol. The fourth-order valence-corrected chi connectivity index (χ4v) is 6.10. The molecule has 2 atom stereocenters. The lowest BCUT2D eigenvalue weighted by atomic mass is 9.89. The predicted octanol–water partition coefficient (Wildman–Crippen LogP) is 6.75. The summed E-state index contributed by atoms with van der Waals surface area (Å²) in [4.78, 5) is 17.3. The quantitative estimate of drug-likeness (QED) is 0.255. The van der Waals surface area contributed by atoms with Gasteiger partial charge >= 0.3 is 0 Å². The van der Waals surface area contributed by atoms with Gasteiger partial charge in [-0.05, 0) is 34.2 Å². The molecule has 194 valence electrons. The van der Waals surface area contributed by atoms with Crippen LogP contribution in [0.2, 0.25) is 0 Å². The van der Waals surface area contributed by atoms with Crippen molar-refractivity contribution in [3.63, 3.8) is 0 Å². The Morgan fingerprint density at radius 2 is 1.00 bits per heavy atom. The summed E-state index contributed by atoms with van der Waals surface area (Å²) in [6.07, 6.45) is 4.84. The second-order valence-electron chi connectivity index (χ2n) is 10.5. The number of benzene rings is 5. The van der Waals surface area contributed by atoms with Crippen molar-refractivity contribution in [2.75, 3.05) is 4.90 Å². The van der Waals surface area contributed by atoms with Crippen molar-refractivity contribution < 1.29 is 0 Å². The van der Waals surface area contributed by atoms with Crippen molar-refractivity contribution in [3.05, 3.63) is 149 Å². The second-order valence-corrected chi connectivity index (χ2v) is 10.5. The van der Waals surface area contributed by atoms with E-state index in [-0.39, 0.29) is 12.0 Å². The molecule has 1 aliphatic carbocycles. The normalized spacial score (nSPS) is 16.6. The molecule has 0 saturated carbocycles. The summed E-state index contributed by atoms with van der Waals surface area (Å²) in [6.45, 7) is 0. The summed E-state index contributed by atoms with van der Waals surface area (Å²) >= 11 is 0. The molecular formula is C37H26N4. The first-order valence-corrected chi connectivity index (χ1v) is 14.0. The second kappa shape index (κ2) is 9.68. The lowest BCUT2D eigenvalue weighted by Gasteiger charge is -2.29. The zero-order valence-corrected chi connectivity index (χ0v) is 22.3. The largest absolute Gasteiger partial charge is 0.333 e. The fraction of sp³-hybridized carbons (Fsp3) is 0.0541. The topological polar surface area (TPSA) is 41.9 Å². The van der Waals surface area contributed by atoms with E-state index in [9.17, 15) is 0 Å². The Balaban J connectivity index is 1.28. The molecule has 0 amide bonds. The molecule has 1 aliphatic heterocycles. The summed E-state index contributed by atoms with van der Waals surface area (Å²) in [6, 6.07) is 46.4. The number of hydrogen-bond donors (Lipinski definition) is 0. The number of fused-ring (bicyclic) bond motifs is 4. The van der Waals surface area contributed by atoms with Gasteiger partial charge in [0.15, 0.2) is 17.5 Å². The van der Waals surface area contributed by atoms with E-state index in [1.54, 1.807) is 0 Å². The number of nitrogens with zero attached hydrogens (tertiary/aromatic N) is 4. The number of hydrogen-bond acceptors (Lipinski definition) is 4. The minimum Gasteiger partial charge on any atom is -0.333 e. The maximum atomic E-state index is 4.97. The summed E-state index contributed by atoms with van der Waals surface area (Å²) in [5.74, 6) is 2.28. The Hall–Kier alpha value is -5.35. The van der Waals surface area contributed by atoms with Gasteiger partial charge in [-0.2, -0.15) is 0 Å². The van der Waals surface area contributed by atoms with Crippen molar-refractivity contribution in [2.45, 2.75) is 12.0 Å². The van der Waals surface area contributed by atoms with Gasteiger partial charge in [-0.3, -0.25) is 0 Å². The van der Waals surface area contributed by atoms with Crippen molar-refractivity contribution in [1.29, 1.82) is 0 Å². The molecule has 0 bridgehead atoms. The minimum absolute atomic E-state index is 0.190. The van der Waals surface area contributed by atoms with Crippen LogP contribution >= 0.6 is 0 Å². The molecule has 0 saturated heterocycles. The molecule has 5 aromatic carbocycles. The molecule has 8 rings (SSSR count). The Bertz CT molecular complexity index is 1960. The van der Waals surface area contributed by atoms with E-state index in [0.29, 0.717) is 17.5 Å². The average Bonchev–Trinajstić information content (AvgIpc) is 3.37. The summed E-state index contributed by atoms with van der Waals surface area (Å²) < 4.78 is 0. The van der Waals surface area contributed by atoms with Gasteiger partial charge in [-0.25, -0.2) is 15.0 Å². The molecule has 41 heavy (non-hydrogen) atoms. The van der Waals surface area contributed by atoms with E-state index < -0.39 is 0 Å². The van der Waals surface area contributed by atoms with Gasteiger partial charge in [-0.1, -0.05) is 127 Å². The van der Waals surface area contributed by atoms with E-state index in [0.717, 1.165) is 22.4 Å². The fourth-order valence-electron chi connectivity index (χ4n) is 6.10. The Morgan fingerprint density at radius 3 is 1.68 bits per heavy atom. The molecule has 2 heterocycles. The average molecular weight is 527 g/mol. The molecule has 0 N–H and O–H groups in total. The zero-order valence-electron chi connectivity index (χ0n) is 22.3. The van der Waals surface area contributed by atoms with Crippen molar-refractivity contribution in [1.82, 2.24) is 15.0 Å². The molecule has 6 aromatic rings. The first kappa shape index (κ1) is 23.5. The first-order chi connectivity index (χ1) is 20.3. The van der Waals surface area contributed by atoms with E-state index >= 15 is 0 Å². The van der Waals surface area contributed by atoms with Crippen LogP contribution in [-0.2, 0) is 0 Å². The number of para-hydroxylation sites is 1. The highest BCUT2D eigenvalue weighted by molar-refractivity contribution is 5.82. The highest BCUT2D eigenvalue weighted by atomic mass is 15.2. The van der Waals surface area contributed by atoms with Crippen LogP contribution in [-0.4, -0.2) is 21.0 Å². The summed E-state index contributed by atoms with van der Waals surface area (Å²) in [5, 5.41) is 2.58. The SMILES string of the molecule is C1=c2ccccc2=CC2C1c1ccccc1N2c1cccc(-c2nc(-c3ccccc3)nc(-c3ccccc3)n2)c1. The molecule has 0 spiro atoms. The Labute approximate surface area is 238 Å². The Morgan fingerprint density at radius 1 is 0.463 bits per heavy atom. The standard InChI is InChI=1S/C37H26N4/c1-3-12-25(13-4-1)35-38-36(26-14-5-2-6-15-26)40-37(39-35)29-18-11-19-30(22-29)41-33-21-10-9-20-31(33)32-23-27-16-7-8-17-28(27)24-34(32)41/h1-24,32,34H. The molecule has 1 aromatic heterocycles. The maximum Gasteiger partial charge on any atom is 0.164 e. The van der Waals surface area contributed by atoms with Gasteiger partial charge < -0.3 is 4.90 Å². The Kier molecular flexibility index (Phi) is 5.56. The zero-order chi connectivity index (χ0) is 27.2. The highest BCUT2D eigenvalue weighted by Gasteiger charge is 2.37. The van der Waals surface area contributed by atoms with E-state index in [2.05, 4.69) is 89.8 Å². The van der Waals surface area contributed by atoms with Crippen LogP contribution in [0.5, 0.6) is 0 Å². The van der Waals surface area contributed by atoms with Gasteiger partial charge in [0.1, 0.15) is 0 Å². The molecule has 2 unspecified atom stereocenters. The summed E-state index contributed by atoms with van der Waals surface area (Å²) in [7, 11) is 0. The van der Waals surface area contributed by atoms with Crippen molar-refractivity contribution >= 4 is 23.5 Å². The number of anilines is 2. The maximum absolute atomic E-state index is 4.97. The lowest BCUT2D eigenvalue weighted by Crippen LogP contribution is -2.38. The van der Waals surface area contributed by atoms with E-state index in [1.807, 2.05) is 60.7 Å². The molecule has 4 nitrogen and oxygen atoms in total. The lowest BCUT2D eigenvalue weighted by molar-refractivity contribution is 0.802.